The van der Waals surface area contributed by atoms with Gasteiger partial charge in [-0.15, -0.1) is 0 Å². The van der Waals surface area contributed by atoms with Gasteiger partial charge in [0, 0.05) is 19.6 Å². The average Bonchev–Trinajstić information content (AvgIpc) is 2.81. The SMILES string of the molecule is CC(C)CNCC1CCC1C1CCOC2(CCOC2)C1. The van der Waals surface area contributed by atoms with Crippen molar-refractivity contribution < 1.29 is 9.47 Å². The van der Waals surface area contributed by atoms with Crippen LogP contribution in [0.1, 0.15) is 46.0 Å². The van der Waals surface area contributed by atoms with Crippen LogP contribution in [-0.2, 0) is 9.47 Å². The van der Waals surface area contributed by atoms with Crippen molar-refractivity contribution in [1.82, 2.24) is 5.32 Å². The number of ether oxygens (including phenoxy) is 2. The number of hydrogen-bond acceptors (Lipinski definition) is 3. The van der Waals surface area contributed by atoms with Gasteiger partial charge >= 0.3 is 0 Å². The number of rotatable bonds is 5. The van der Waals surface area contributed by atoms with Gasteiger partial charge in [0.25, 0.3) is 0 Å². The zero-order valence-electron chi connectivity index (χ0n) is 13.2. The minimum absolute atomic E-state index is 0.0917. The van der Waals surface area contributed by atoms with Crippen molar-refractivity contribution >= 4 is 0 Å². The highest BCUT2D eigenvalue weighted by Gasteiger charge is 2.46. The molecule has 1 aliphatic carbocycles. The average molecular weight is 281 g/mol. The van der Waals surface area contributed by atoms with E-state index in [1.807, 2.05) is 0 Å². The first kappa shape index (κ1) is 14.8. The summed E-state index contributed by atoms with van der Waals surface area (Å²) in [5.74, 6) is 3.49. The van der Waals surface area contributed by atoms with Crippen molar-refractivity contribution in [3.8, 4) is 0 Å². The first-order valence-electron chi connectivity index (χ1n) is 8.61. The third kappa shape index (κ3) is 3.20. The molecule has 4 atom stereocenters. The van der Waals surface area contributed by atoms with Gasteiger partial charge in [-0.1, -0.05) is 13.8 Å². The molecular formula is C17H31NO2. The lowest BCUT2D eigenvalue weighted by Crippen LogP contribution is -2.47. The van der Waals surface area contributed by atoms with E-state index in [0.29, 0.717) is 0 Å². The van der Waals surface area contributed by atoms with Crippen molar-refractivity contribution in [1.29, 1.82) is 0 Å². The second kappa shape index (κ2) is 6.33. The van der Waals surface area contributed by atoms with Crippen LogP contribution in [0.15, 0.2) is 0 Å². The van der Waals surface area contributed by atoms with Crippen LogP contribution in [0.25, 0.3) is 0 Å². The van der Waals surface area contributed by atoms with Crippen molar-refractivity contribution in [3.63, 3.8) is 0 Å². The molecular weight excluding hydrogens is 250 g/mol. The third-order valence-electron chi connectivity index (χ3n) is 5.64. The van der Waals surface area contributed by atoms with Crippen LogP contribution in [-0.4, -0.2) is 38.5 Å². The van der Waals surface area contributed by atoms with E-state index in [9.17, 15) is 0 Å². The second-order valence-corrected chi connectivity index (χ2v) is 7.64. The van der Waals surface area contributed by atoms with E-state index in [1.165, 1.54) is 32.2 Å². The normalized spacial score (nSPS) is 41.2. The number of hydrogen-bond donors (Lipinski definition) is 1. The van der Waals surface area contributed by atoms with Gasteiger partial charge in [-0.2, -0.15) is 0 Å². The second-order valence-electron chi connectivity index (χ2n) is 7.64. The molecule has 1 N–H and O–H groups in total. The lowest BCUT2D eigenvalue weighted by atomic mass is 9.63. The van der Waals surface area contributed by atoms with E-state index in [4.69, 9.17) is 9.47 Å². The van der Waals surface area contributed by atoms with Gasteiger partial charge in [0.15, 0.2) is 0 Å². The zero-order chi connectivity index (χ0) is 14.0. The molecule has 0 bridgehead atoms. The van der Waals surface area contributed by atoms with Crippen molar-refractivity contribution in [2.24, 2.45) is 23.7 Å². The summed E-state index contributed by atoms with van der Waals surface area (Å²) in [5.41, 5.74) is 0.0917. The van der Waals surface area contributed by atoms with Crippen molar-refractivity contribution in [2.45, 2.75) is 51.6 Å². The van der Waals surface area contributed by atoms with E-state index in [1.54, 1.807) is 0 Å². The smallest absolute Gasteiger partial charge is 0.0939 e. The van der Waals surface area contributed by atoms with Crippen molar-refractivity contribution in [3.05, 3.63) is 0 Å². The van der Waals surface area contributed by atoms with E-state index in [-0.39, 0.29) is 5.60 Å². The molecule has 0 aromatic carbocycles. The van der Waals surface area contributed by atoms with Gasteiger partial charge in [0.05, 0.1) is 12.2 Å². The van der Waals surface area contributed by atoms with E-state index in [2.05, 4.69) is 19.2 Å². The van der Waals surface area contributed by atoms with Crippen LogP contribution < -0.4 is 5.32 Å². The fourth-order valence-corrected chi connectivity index (χ4v) is 4.32. The molecule has 3 aliphatic rings. The Bertz CT molecular complexity index is 312. The molecule has 20 heavy (non-hydrogen) atoms. The predicted octanol–water partition coefficient (Wildman–Crippen LogP) is 2.84. The lowest BCUT2D eigenvalue weighted by molar-refractivity contribution is -0.118. The maximum atomic E-state index is 6.08. The third-order valence-corrected chi connectivity index (χ3v) is 5.64. The Balaban J connectivity index is 1.48. The topological polar surface area (TPSA) is 30.5 Å². The fourth-order valence-electron chi connectivity index (χ4n) is 4.32. The van der Waals surface area contributed by atoms with Crippen LogP contribution >= 0.6 is 0 Å². The standard InChI is InChI=1S/C17H31NO2/c1-13(2)10-18-11-15-3-4-16(15)14-5-7-20-17(9-14)6-8-19-12-17/h13-16,18H,3-12H2,1-2H3. The summed E-state index contributed by atoms with van der Waals surface area (Å²) in [5, 5.41) is 3.66. The maximum Gasteiger partial charge on any atom is 0.0939 e. The predicted molar refractivity (Wildman–Crippen MR) is 80.8 cm³/mol. The Morgan fingerprint density at radius 1 is 1.20 bits per heavy atom. The molecule has 0 aromatic heterocycles. The summed E-state index contributed by atoms with van der Waals surface area (Å²) in [6.45, 7) is 9.65. The molecule has 116 valence electrons. The Hall–Kier alpha value is -0.120. The molecule has 3 fully saturated rings. The van der Waals surface area contributed by atoms with E-state index < -0.39 is 0 Å². The molecule has 2 heterocycles. The molecule has 2 aliphatic heterocycles. The van der Waals surface area contributed by atoms with Gasteiger partial charge in [-0.3, -0.25) is 0 Å². The van der Waals surface area contributed by atoms with Crippen LogP contribution in [0.2, 0.25) is 0 Å². The monoisotopic (exact) mass is 281 g/mol. The fraction of sp³-hybridized carbons (Fsp3) is 1.00. The maximum absolute atomic E-state index is 6.08. The van der Waals surface area contributed by atoms with Gasteiger partial charge in [-0.25, -0.2) is 0 Å². The molecule has 0 aromatic rings. The first-order chi connectivity index (χ1) is 9.69. The highest BCUT2D eigenvalue weighted by atomic mass is 16.6. The Labute approximate surface area is 123 Å². The summed E-state index contributed by atoms with van der Waals surface area (Å²) >= 11 is 0. The molecule has 0 amide bonds. The van der Waals surface area contributed by atoms with Crippen LogP contribution in [0.5, 0.6) is 0 Å². The van der Waals surface area contributed by atoms with Gasteiger partial charge in [0.2, 0.25) is 0 Å². The van der Waals surface area contributed by atoms with Crippen molar-refractivity contribution in [2.75, 3.05) is 32.9 Å². The first-order valence-corrected chi connectivity index (χ1v) is 8.61. The van der Waals surface area contributed by atoms with Crippen LogP contribution in [0, 0.1) is 23.7 Å². The van der Waals surface area contributed by atoms with Crippen LogP contribution in [0.4, 0.5) is 0 Å². The molecule has 1 spiro atoms. The molecule has 3 rings (SSSR count). The highest BCUT2D eigenvalue weighted by molar-refractivity contribution is 4.96. The Morgan fingerprint density at radius 3 is 2.75 bits per heavy atom. The van der Waals surface area contributed by atoms with Crippen LogP contribution in [0.3, 0.4) is 0 Å². The van der Waals surface area contributed by atoms with E-state index >= 15 is 0 Å². The summed E-state index contributed by atoms with van der Waals surface area (Å²) in [7, 11) is 0. The largest absolute Gasteiger partial charge is 0.378 e. The number of nitrogens with one attached hydrogen (secondary N) is 1. The lowest BCUT2D eigenvalue weighted by Gasteiger charge is -2.47. The Kier molecular flexibility index (Phi) is 4.68. The summed E-state index contributed by atoms with van der Waals surface area (Å²) in [6, 6.07) is 0. The molecule has 1 saturated carbocycles. The minimum Gasteiger partial charge on any atom is -0.378 e. The molecule has 0 radical (unpaired) electrons. The quantitative estimate of drug-likeness (QED) is 0.840. The Morgan fingerprint density at radius 2 is 2.10 bits per heavy atom. The minimum atomic E-state index is 0.0917. The summed E-state index contributed by atoms with van der Waals surface area (Å²) < 4.78 is 11.7. The van der Waals surface area contributed by atoms with Gasteiger partial charge in [-0.05, 0) is 62.4 Å². The molecule has 3 nitrogen and oxygen atoms in total. The molecule has 2 saturated heterocycles. The summed E-state index contributed by atoms with van der Waals surface area (Å²) in [4.78, 5) is 0. The zero-order valence-corrected chi connectivity index (χ0v) is 13.2. The molecule has 3 heteroatoms. The van der Waals surface area contributed by atoms with Gasteiger partial charge < -0.3 is 14.8 Å². The highest BCUT2D eigenvalue weighted by Crippen LogP contribution is 2.47. The van der Waals surface area contributed by atoms with E-state index in [0.717, 1.165) is 56.5 Å². The molecule has 4 unspecified atom stereocenters. The van der Waals surface area contributed by atoms with Gasteiger partial charge in [0.1, 0.15) is 0 Å². The summed E-state index contributed by atoms with van der Waals surface area (Å²) in [6.07, 6.45) is 6.50.